The van der Waals surface area contributed by atoms with Gasteiger partial charge < -0.3 is 14.2 Å². The van der Waals surface area contributed by atoms with Gasteiger partial charge in [0.15, 0.2) is 17.4 Å². The van der Waals surface area contributed by atoms with Gasteiger partial charge in [-0.3, -0.25) is 4.79 Å². The summed E-state index contributed by atoms with van der Waals surface area (Å²) in [5.41, 5.74) is 0.503. The van der Waals surface area contributed by atoms with Gasteiger partial charge in [-0.15, -0.1) is 0 Å². The summed E-state index contributed by atoms with van der Waals surface area (Å²) in [7, 11) is 1.51. The summed E-state index contributed by atoms with van der Waals surface area (Å²) in [6, 6.07) is 5.26. The van der Waals surface area contributed by atoms with Crippen LogP contribution in [0.2, 0.25) is 0 Å². The highest BCUT2D eigenvalue weighted by Gasteiger charge is 2.24. The van der Waals surface area contributed by atoms with E-state index in [1.54, 1.807) is 19.1 Å². The fraction of sp³-hybridized carbons (Fsp3) is 0.467. The highest BCUT2D eigenvalue weighted by atomic mass is 79.9. The normalized spacial score (nSPS) is 11.4. The Hall–Kier alpha value is -1.74. The molecular weight excluding hydrogens is 338 g/mol. The first-order valence-electron chi connectivity index (χ1n) is 6.65. The maximum Gasteiger partial charge on any atom is 0.327 e. The van der Waals surface area contributed by atoms with Gasteiger partial charge in [0.25, 0.3) is 0 Å². The van der Waals surface area contributed by atoms with E-state index in [0.717, 1.165) is 6.42 Å². The van der Waals surface area contributed by atoms with E-state index in [4.69, 9.17) is 14.2 Å². The number of hydrogen-bond acceptors (Lipinski definition) is 5. The van der Waals surface area contributed by atoms with Crippen LogP contribution in [-0.2, 0) is 9.53 Å². The topological polar surface area (TPSA) is 68.5 Å². The van der Waals surface area contributed by atoms with E-state index in [-0.39, 0.29) is 6.61 Å². The molecule has 0 aliphatic heterocycles. The molecule has 1 atom stereocenters. The van der Waals surface area contributed by atoms with Crippen molar-refractivity contribution in [3.63, 3.8) is 0 Å². The first-order valence-corrected chi connectivity index (χ1v) is 7.44. The van der Waals surface area contributed by atoms with Crippen LogP contribution >= 0.6 is 15.9 Å². The van der Waals surface area contributed by atoms with Crippen LogP contribution in [0.3, 0.4) is 0 Å². The first-order chi connectivity index (χ1) is 10.1. The van der Waals surface area contributed by atoms with Crippen LogP contribution < -0.4 is 9.47 Å². The quantitative estimate of drug-likeness (QED) is 0.701. The number of carbonyl (C=O) groups excluding carboxylic acids is 1. The summed E-state index contributed by atoms with van der Waals surface area (Å²) in [5.74, 6) is -0.535. The molecule has 0 bridgehead atoms. The van der Waals surface area contributed by atoms with Crippen molar-refractivity contribution in [1.29, 1.82) is 5.26 Å². The van der Waals surface area contributed by atoms with E-state index in [1.165, 1.54) is 7.11 Å². The van der Waals surface area contributed by atoms with Gasteiger partial charge in [-0.1, -0.05) is 6.92 Å². The lowest BCUT2D eigenvalue weighted by atomic mass is 10.0. The van der Waals surface area contributed by atoms with Crippen molar-refractivity contribution in [2.24, 2.45) is 0 Å². The summed E-state index contributed by atoms with van der Waals surface area (Å²) in [6.07, 6.45) is 0.862. The maximum atomic E-state index is 11.8. The number of rotatable bonds is 7. The number of carbonyl (C=O) groups is 1. The molecule has 0 aliphatic carbocycles. The number of esters is 1. The van der Waals surface area contributed by atoms with Gasteiger partial charge in [-0.25, -0.2) is 0 Å². The Morgan fingerprint density at radius 2 is 2.14 bits per heavy atom. The standard InChI is InChI=1S/C15H18BrNO4/c1-4-6-21-14-12(16)7-10(8-13(14)19-3)11(9-17)15(18)20-5-2/h7-8,11H,4-6H2,1-3H3. The fourth-order valence-electron chi connectivity index (χ4n) is 1.74. The van der Waals surface area contributed by atoms with Gasteiger partial charge in [-0.05, 0) is 47.0 Å². The zero-order valence-electron chi connectivity index (χ0n) is 12.3. The molecule has 0 saturated heterocycles. The SMILES string of the molecule is CCCOc1c(Br)cc(C(C#N)C(=O)OCC)cc1OC. The average molecular weight is 356 g/mol. The molecule has 1 aromatic rings. The molecule has 6 heteroatoms. The smallest absolute Gasteiger partial charge is 0.327 e. The zero-order chi connectivity index (χ0) is 15.8. The monoisotopic (exact) mass is 355 g/mol. The summed E-state index contributed by atoms with van der Waals surface area (Å²) in [5, 5.41) is 9.20. The number of hydrogen-bond donors (Lipinski definition) is 0. The Bertz CT molecular complexity index is 539. The third-order valence-corrected chi connectivity index (χ3v) is 3.28. The van der Waals surface area contributed by atoms with E-state index in [9.17, 15) is 10.1 Å². The third-order valence-electron chi connectivity index (χ3n) is 2.69. The fourth-order valence-corrected chi connectivity index (χ4v) is 2.31. The molecule has 0 amide bonds. The Balaban J connectivity index is 3.17. The number of nitriles is 1. The number of methoxy groups -OCH3 is 1. The minimum atomic E-state index is -0.990. The van der Waals surface area contributed by atoms with Gasteiger partial charge in [0.05, 0.1) is 30.9 Å². The summed E-state index contributed by atoms with van der Waals surface area (Å²) in [4.78, 5) is 11.8. The molecule has 1 rings (SSSR count). The van der Waals surface area contributed by atoms with Crippen LogP contribution in [0.5, 0.6) is 11.5 Å². The Labute approximate surface area is 132 Å². The molecule has 1 unspecified atom stereocenters. The highest BCUT2D eigenvalue weighted by molar-refractivity contribution is 9.10. The molecule has 0 radical (unpaired) electrons. The van der Waals surface area contributed by atoms with E-state index in [0.29, 0.717) is 28.1 Å². The molecule has 0 heterocycles. The maximum absolute atomic E-state index is 11.8. The predicted octanol–water partition coefficient (Wildman–Crippen LogP) is 3.42. The molecule has 0 N–H and O–H groups in total. The number of ether oxygens (including phenoxy) is 3. The van der Waals surface area contributed by atoms with Gasteiger partial charge in [-0.2, -0.15) is 5.26 Å². The lowest BCUT2D eigenvalue weighted by molar-refractivity contribution is -0.143. The molecule has 5 nitrogen and oxygen atoms in total. The van der Waals surface area contributed by atoms with Gasteiger partial charge in [0.1, 0.15) is 0 Å². The minimum absolute atomic E-state index is 0.229. The van der Waals surface area contributed by atoms with Gasteiger partial charge >= 0.3 is 5.97 Å². The van der Waals surface area contributed by atoms with E-state index >= 15 is 0 Å². The molecular formula is C15H18BrNO4. The Morgan fingerprint density at radius 1 is 1.43 bits per heavy atom. The molecule has 0 saturated carbocycles. The highest BCUT2D eigenvalue weighted by Crippen LogP contribution is 2.38. The zero-order valence-corrected chi connectivity index (χ0v) is 13.9. The van der Waals surface area contributed by atoms with Gasteiger partial charge in [0.2, 0.25) is 0 Å². The van der Waals surface area contributed by atoms with Crippen LogP contribution in [0.15, 0.2) is 16.6 Å². The Morgan fingerprint density at radius 3 is 2.67 bits per heavy atom. The van der Waals surface area contributed by atoms with Crippen molar-refractivity contribution in [1.82, 2.24) is 0 Å². The molecule has 114 valence electrons. The van der Waals surface area contributed by atoms with Crippen molar-refractivity contribution in [2.45, 2.75) is 26.2 Å². The second-order valence-corrected chi connectivity index (χ2v) is 5.05. The molecule has 0 aliphatic rings. The lowest BCUT2D eigenvalue weighted by Crippen LogP contribution is -2.14. The lowest BCUT2D eigenvalue weighted by Gasteiger charge is -2.15. The van der Waals surface area contributed by atoms with Crippen molar-refractivity contribution in [3.8, 4) is 17.6 Å². The minimum Gasteiger partial charge on any atom is -0.493 e. The Kier molecular flexibility index (Phi) is 7.03. The third kappa shape index (κ3) is 4.36. The second-order valence-electron chi connectivity index (χ2n) is 4.20. The van der Waals surface area contributed by atoms with Crippen LogP contribution in [-0.4, -0.2) is 26.3 Å². The first kappa shape index (κ1) is 17.3. The average Bonchev–Trinajstić information content (AvgIpc) is 2.46. The molecule has 1 aromatic carbocycles. The van der Waals surface area contributed by atoms with Crippen LogP contribution in [0.25, 0.3) is 0 Å². The van der Waals surface area contributed by atoms with Crippen molar-refractivity contribution >= 4 is 21.9 Å². The predicted molar refractivity (Wildman–Crippen MR) is 81.5 cm³/mol. The number of halogens is 1. The summed E-state index contributed by atoms with van der Waals surface area (Å²) < 4.78 is 16.4. The van der Waals surface area contributed by atoms with E-state index < -0.39 is 11.9 Å². The van der Waals surface area contributed by atoms with Crippen LogP contribution in [0.4, 0.5) is 0 Å². The number of benzene rings is 1. The molecule has 21 heavy (non-hydrogen) atoms. The molecule has 0 fully saturated rings. The largest absolute Gasteiger partial charge is 0.493 e. The van der Waals surface area contributed by atoms with Crippen LogP contribution in [0, 0.1) is 11.3 Å². The van der Waals surface area contributed by atoms with Crippen molar-refractivity contribution in [2.75, 3.05) is 20.3 Å². The van der Waals surface area contributed by atoms with E-state index in [2.05, 4.69) is 15.9 Å². The second kappa shape index (κ2) is 8.53. The van der Waals surface area contributed by atoms with Crippen molar-refractivity contribution in [3.05, 3.63) is 22.2 Å². The summed E-state index contributed by atoms with van der Waals surface area (Å²) >= 11 is 3.39. The van der Waals surface area contributed by atoms with Gasteiger partial charge in [0, 0.05) is 0 Å². The molecule has 0 spiro atoms. The van der Waals surface area contributed by atoms with E-state index in [1.807, 2.05) is 13.0 Å². The van der Waals surface area contributed by atoms with Crippen LogP contribution in [0.1, 0.15) is 31.7 Å². The van der Waals surface area contributed by atoms with Crippen molar-refractivity contribution < 1.29 is 19.0 Å². The molecule has 0 aromatic heterocycles. The number of nitrogens with zero attached hydrogens (tertiary/aromatic N) is 1. The summed E-state index contributed by atoms with van der Waals surface area (Å²) in [6.45, 7) is 4.48.